The molecule has 2 fully saturated rings. The highest BCUT2D eigenvalue weighted by Gasteiger charge is 2.33. The molecule has 0 N–H and O–H groups in total. The van der Waals surface area contributed by atoms with Gasteiger partial charge in [0.15, 0.2) is 9.84 Å². The topological polar surface area (TPSA) is 104 Å². The minimum Gasteiger partial charge on any atom is -0.352 e. The molecule has 136 valence electrons. The van der Waals surface area contributed by atoms with Crippen molar-refractivity contribution in [1.82, 2.24) is 19.8 Å². The molecule has 0 aliphatic carbocycles. The molecule has 0 saturated carbocycles. The molecule has 10 heteroatoms. The van der Waals surface area contributed by atoms with Gasteiger partial charge in [-0.3, -0.25) is 9.59 Å². The van der Waals surface area contributed by atoms with E-state index in [4.69, 9.17) is 0 Å². The lowest BCUT2D eigenvalue weighted by atomic mass is 10.2. The molecule has 2 aliphatic rings. The third-order valence-electron chi connectivity index (χ3n) is 4.72. The van der Waals surface area contributed by atoms with Crippen LogP contribution in [-0.2, 0) is 14.6 Å². The van der Waals surface area contributed by atoms with Crippen molar-refractivity contribution in [3.8, 4) is 0 Å². The molecule has 3 heterocycles. The Balaban J connectivity index is 1.64. The second-order valence-corrected chi connectivity index (χ2v) is 8.59. The monoisotopic (exact) mass is 367 g/mol. The van der Waals surface area contributed by atoms with Crippen LogP contribution in [0.4, 0.5) is 5.82 Å². The Bertz CT molecular complexity index is 744. The van der Waals surface area contributed by atoms with E-state index in [-0.39, 0.29) is 29.1 Å². The van der Waals surface area contributed by atoms with Crippen LogP contribution in [0.15, 0.2) is 12.4 Å². The maximum Gasteiger partial charge on any atom is 0.274 e. The van der Waals surface area contributed by atoms with Crippen molar-refractivity contribution in [1.29, 1.82) is 0 Å². The SMILES string of the molecule is CN(C(=O)c1cnc(N2CCN(C=O)CC2)cn1)C1CCS(=O)(=O)C1. The maximum atomic E-state index is 12.5. The summed E-state index contributed by atoms with van der Waals surface area (Å²) in [5.74, 6) is 0.453. The van der Waals surface area contributed by atoms with Crippen molar-refractivity contribution < 1.29 is 18.0 Å². The van der Waals surface area contributed by atoms with Gasteiger partial charge in [0.25, 0.3) is 5.91 Å². The van der Waals surface area contributed by atoms with Crippen molar-refractivity contribution in [2.24, 2.45) is 0 Å². The number of piperazine rings is 1. The van der Waals surface area contributed by atoms with E-state index in [2.05, 4.69) is 9.97 Å². The van der Waals surface area contributed by atoms with Gasteiger partial charge in [-0.2, -0.15) is 0 Å². The molecule has 0 aromatic carbocycles. The molecule has 25 heavy (non-hydrogen) atoms. The Kier molecular flexibility index (Phi) is 4.89. The third kappa shape index (κ3) is 3.89. The van der Waals surface area contributed by atoms with Crippen molar-refractivity contribution in [2.75, 3.05) is 49.6 Å². The number of anilines is 1. The summed E-state index contributed by atoms with van der Waals surface area (Å²) in [7, 11) is -1.45. The first-order chi connectivity index (χ1) is 11.9. The number of aromatic nitrogens is 2. The Morgan fingerprint density at radius 2 is 1.96 bits per heavy atom. The Morgan fingerprint density at radius 1 is 1.24 bits per heavy atom. The zero-order chi connectivity index (χ0) is 18.0. The van der Waals surface area contributed by atoms with Crippen LogP contribution in [0.2, 0.25) is 0 Å². The maximum absolute atomic E-state index is 12.5. The average molecular weight is 367 g/mol. The van der Waals surface area contributed by atoms with Crippen LogP contribution >= 0.6 is 0 Å². The van der Waals surface area contributed by atoms with Gasteiger partial charge in [0.05, 0.1) is 23.9 Å². The van der Waals surface area contributed by atoms with E-state index in [9.17, 15) is 18.0 Å². The Morgan fingerprint density at radius 3 is 2.48 bits per heavy atom. The van der Waals surface area contributed by atoms with Gasteiger partial charge in [-0.05, 0) is 6.42 Å². The van der Waals surface area contributed by atoms with Crippen LogP contribution in [0.3, 0.4) is 0 Å². The van der Waals surface area contributed by atoms with Crippen LogP contribution in [0.25, 0.3) is 0 Å². The number of rotatable bonds is 4. The third-order valence-corrected chi connectivity index (χ3v) is 6.47. The Hall–Kier alpha value is -2.23. The van der Waals surface area contributed by atoms with Crippen LogP contribution in [-0.4, -0.2) is 91.3 Å². The molecule has 1 aromatic rings. The molecule has 2 saturated heterocycles. The molecule has 0 spiro atoms. The molecule has 1 unspecified atom stereocenters. The number of nitrogens with zero attached hydrogens (tertiary/aromatic N) is 5. The fourth-order valence-electron chi connectivity index (χ4n) is 3.08. The fraction of sp³-hybridized carbons (Fsp3) is 0.600. The predicted molar refractivity (Wildman–Crippen MR) is 91.0 cm³/mol. The highest BCUT2D eigenvalue weighted by atomic mass is 32.2. The first-order valence-electron chi connectivity index (χ1n) is 8.13. The summed E-state index contributed by atoms with van der Waals surface area (Å²) < 4.78 is 23.1. The molecule has 1 aromatic heterocycles. The quantitative estimate of drug-likeness (QED) is 0.630. The number of carbonyl (C=O) groups is 2. The summed E-state index contributed by atoms with van der Waals surface area (Å²) >= 11 is 0. The lowest BCUT2D eigenvalue weighted by Crippen LogP contribution is -2.46. The van der Waals surface area contributed by atoms with Crippen molar-refractivity contribution in [2.45, 2.75) is 12.5 Å². The van der Waals surface area contributed by atoms with E-state index in [1.54, 1.807) is 18.1 Å². The van der Waals surface area contributed by atoms with Crippen molar-refractivity contribution >= 4 is 28.0 Å². The molecule has 3 rings (SSSR count). The lowest BCUT2D eigenvalue weighted by molar-refractivity contribution is -0.118. The van der Waals surface area contributed by atoms with E-state index in [1.807, 2.05) is 4.90 Å². The van der Waals surface area contributed by atoms with Gasteiger partial charge in [0.1, 0.15) is 11.5 Å². The van der Waals surface area contributed by atoms with Crippen LogP contribution < -0.4 is 4.90 Å². The number of sulfone groups is 1. The van der Waals surface area contributed by atoms with Gasteiger partial charge < -0.3 is 14.7 Å². The number of amides is 2. The second kappa shape index (κ2) is 6.95. The van der Waals surface area contributed by atoms with Gasteiger partial charge in [-0.15, -0.1) is 0 Å². The molecule has 1 atom stereocenters. The van der Waals surface area contributed by atoms with Crippen LogP contribution in [0.1, 0.15) is 16.9 Å². The predicted octanol–water partition coefficient (Wildman–Crippen LogP) is -0.986. The largest absolute Gasteiger partial charge is 0.352 e. The second-order valence-electron chi connectivity index (χ2n) is 6.36. The Labute approximate surface area is 146 Å². The first-order valence-corrected chi connectivity index (χ1v) is 9.96. The summed E-state index contributed by atoms with van der Waals surface area (Å²) in [6.07, 6.45) is 4.26. The van der Waals surface area contributed by atoms with Gasteiger partial charge in [0.2, 0.25) is 6.41 Å². The molecule has 2 amide bonds. The summed E-state index contributed by atoms with van der Waals surface area (Å²) in [4.78, 5) is 36.9. The minimum atomic E-state index is -3.05. The van der Waals surface area contributed by atoms with Crippen LogP contribution in [0, 0.1) is 0 Å². The number of hydrogen-bond acceptors (Lipinski definition) is 7. The summed E-state index contributed by atoms with van der Waals surface area (Å²) in [6, 6.07) is -0.310. The smallest absolute Gasteiger partial charge is 0.274 e. The molecular formula is C15H21N5O4S. The molecule has 2 aliphatic heterocycles. The zero-order valence-corrected chi connectivity index (χ0v) is 14.9. The van der Waals surface area contributed by atoms with E-state index in [1.165, 1.54) is 11.1 Å². The number of hydrogen-bond donors (Lipinski definition) is 0. The highest BCUT2D eigenvalue weighted by Crippen LogP contribution is 2.18. The highest BCUT2D eigenvalue weighted by molar-refractivity contribution is 7.91. The minimum absolute atomic E-state index is 0.00175. The molecular weight excluding hydrogens is 346 g/mol. The van der Waals surface area contributed by atoms with Crippen molar-refractivity contribution in [3.63, 3.8) is 0 Å². The van der Waals surface area contributed by atoms with E-state index < -0.39 is 9.84 Å². The summed E-state index contributed by atoms with van der Waals surface area (Å²) in [6.45, 7) is 2.59. The number of carbonyl (C=O) groups excluding carboxylic acids is 2. The molecule has 0 bridgehead atoms. The fourth-order valence-corrected chi connectivity index (χ4v) is 4.85. The van der Waals surface area contributed by atoms with Gasteiger partial charge in [0, 0.05) is 39.3 Å². The standard InChI is InChI=1S/C15H21N5O4S/c1-18(12-2-7-25(23,24)10-12)15(22)13-8-17-14(9-16-13)20-5-3-19(11-21)4-6-20/h8-9,11-12H,2-7,10H2,1H3. The van der Waals surface area contributed by atoms with E-state index in [0.717, 1.165) is 6.41 Å². The van der Waals surface area contributed by atoms with Crippen LogP contribution in [0.5, 0.6) is 0 Å². The summed E-state index contributed by atoms with van der Waals surface area (Å²) in [5.41, 5.74) is 0.196. The molecule has 0 radical (unpaired) electrons. The van der Waals surface area contributed by atoms with Gasteiger partial charge >= 0.3 is 0 Å². The average Bonchev–Trinajstić information content (AvgIpc) is 3.00. The van der Waals surface area contributed by atoms with E-state index in [0.29, 0.717) is 38.4 Å². The van der Waals surface area contributed by atoms with Gasteiger partial charge in [-0.1, -0.05) is 0 Å². The summed E-state index contributed by atoms with van der Waals surface area (Å²) in [5, 5.41) is 0. The molecule has 9 nitrogen and oxygen atoms in total. The van der Waals surface area contributed by atoms with Gasteiger partial charge in [-0.25, -0.2) is 18.4 Å². The first kappa shape index (κ1) is 17.6. The normalized spacial score (nSPS) is 22.7. The zero-order valence-electron chi connectivity index (χ0n) is 14.0. The lowest BCUT2D eigenvalue weighted by Gasteiger charge is -2.33. The van der Waals surface area contributed by atoms with E-state index >= 15 is 0 Å². The van der Waals surface area contributed by atoms with Crippen molar-refractivity contribution in [3.05, 3.63) is 18.1 Å².